The number of rotatable bonds is 9. The van der Waals surface area contributed by atoms with Crippen molar-refractivity contribution in [3.05, 3.63) is 88.8 Å². The molecule has 3 aromatic carbocycles. The van der Waals surface area contributed by atoms with Crippen LogP contribution < -0.4 is 19.0 Å². The number of methoxy groups -OCH3 is 1. The average Bonchev–Trinajstić information content (AvgIpc) is 3.17. The van der Waals surface area contributed by atoms with Crippen LogP contribution in [0, 0.1) is 0 Å². The van der Waals surface area contributed by atoms with Gasteiger partial charge in [0.2, 0.25) is 0 Å². The second-order valence-electron chi connectivity index (χ2n) is 7.38. The number of hydrogen-bond acceptors (Lipinski definition) is 8. The predicted molar refractivity (Wildman–Crippen MR) is 132 cm³/mol. The first-order valence-electron chi connectivity index (χ1n) is 10.5. The molecule has 1 aliphatic heterocycles. The molecule has 3 aromatic rings. The molecule has 2 amide bonds. The van der Waals surface area contributed by atoms with E-state index in [-0.39, 0.29) is 15.9 Å². The highest BCUT2D eigenvalue weighted by atomic mass is 32.2. The SMILES string of the molecule is COc1ccc(S(=O)(=O)Oc2ccc(CCOc3ccc(/C=C4/SC(=O)NC4=O)cc3)cc2)cc1. The molecule has 0 bridgehead atoms. The van der Waals surface area contributed by atoms with E-state index in [1.54, 1.807) is 66.7 Å². The van der Waals surface area contributed by atoms with Crippen LogP contribution in [0.25, 0.3) is 6.08 Å². The molecule has 1 N–H and O–H groups in total. The summed E-state index contributed by atoms with van der Waals surface area (Å²) in [5.41, 5.74) is 1.74. The minimum absolute atomic E-state index is 0.0386. The Morgan fingerprint density at radius 1 is 0.857 bits per heavy atom. The fraction of sp³-hybridized carbons (Fsp3) is 0.120. The fourth-order valence-corrected chi connectivity index (χ4v) is 4.76. The van der Waals surface area contributed by atoms with Crippen molar-refractivity contribution in [2.75, 3.05) is 13.7 Å². The number of thioether (sulfide) groups is 1. The summed E-state index contributed by atoms with van der Waals surface area (Å²) in [6.45, 7) is 0.414. The first-order chi connectivity index (χ1) is 16.8. The molecule has 0 saturated carbocycles. The molecule has 4 rings (SSSR count). The zero-order valence-electron chi connectivity index (χ0n) is 18.6. The topological polar surface area (TPSA) is 108 Å². The summed E-state index contributed by atoms with van der Waals surface area (Å²) < 4.78 is 40.9. The van der Waals surface area contributed by atoms with Crippen LogP contribution in [0.4, 0.5) is 4.79 Å². The van der Waals surface area contributed by atoms with Crippen molar-refractivity contribution in [1.29, 1.82) is 0 Å². The second-order valence-corrected chi connectivity index (χ2v) is 9.94. The first-order valence-corrected chi connectivity index (χ1v) is 12.7. The van der Waals surface area contributed by atoms with E-state index in [2.05, 4.69) is 5.32 Å². The molecular weight excluding hydrogens is 490 g/mol. The number of carbonyl (C=O) groups excluding carboxylic acids is 2. The minimum Gasteiger partial charge on any atom is -0.497 e. The molecule has 10 heteroatoms. The van der Waals surface area contributed by atoms with Crippen LogP contribution in [0.1, 0.15) is 11.1 Å². The van der Waals surface area contributed by atoms with Gasteiger partial charge in [-0.25, -0.2) is 0 Å². The van der Waals surface area contributed by atoms with Crippen molar-refractivity contribution in [2.24, 2.45) is 0 Å². The number of hydrogen-bond donors (Lipinski definition) is 1. The molecule has 0 spiro atoms. The minimum atomic E-state index is -3.95. The van der Waals surface area contributed by atoms with Gasteiger partial charge in [0.25, 0.3) is 11.1 Å². The van der Waals surface area contributed by atoms with E-state index >= 15 is 0 Å². The monoisotopic (exact) mass is 511 g/mol. The van der Waals surface area contributed by atoms with E-state index in [4.69, 9.17) is 13.7 Å². The molecule has 180 valence electrons. The fourth-order valence-electron chi connectivity index (χ4n) is 3.15. The van der Waals surface area contributed by atoms with Gasteiger partial charge in [-0.3, -0.25) is 14.9 Å². The average molecular weight is 512 g/mol. The zero-order valence-corrected chi connectivity index (χ0v) is 20.2. The maximum absolute atomic E-state index is 12.4. The Hall–Kier alpha value is -3.76. The Labute approximate surface area is 207 Å². The van der Waals surface area contributed by atoms with E-state index in [9.17, 15) is 18.0 Å². The van der Waals surface area contributed by atoms with Crippen molar-refractivity contribution in [1.82, 2.24) is 5.32 Å². The summed E-state index contributed by atoms with van der Waals surface area (Å²) >= 11 is 0.872. The molecule has 0 atom stereocenters. The number of amides is 2. The Bertz CT molecular complexity index is 1350. The second kappa shape index (κ2) is 10.7. The Balaban J connectivity index is 1.28. The van der Waals surface area contributed by atoms with Gasteiger partial charge in [0, 0.05) is 6.42 Å². The van der Waals surface area contributed by atoms with Gasteiger partial charge in [-0.1, -0.05) is 24.3 Å². The summed E-state index contributed by atoms with van der Waals surface area (Å²) in [4.78, 5) is 23.2. The smallest absolute Gasteiger partial charge is 0.339 e. The Kier molecular flexibility index (Phi) is 7.42. The van der Waals surface area contributed by atoms with Gasteiger partial charge < -0.3 is 13.7 Å². The standard InChI is InChI=1S/C25H21NO7S2/c1-31-19-10-12-22(13-11-19)35(29,30)33-21-8-2-17(3-9-21)14-15-32-20-6-4-18(5-7-20)16-23-24(27)26-25(28)34-23/h2-13,16H,14-15H2,1H3,(H,26,27,28)/b23-16+. The van der Waals surface area contributed by atoms with Crippen LogP contribution in [0.2, 0.25) is 0 Å². The molecule has 1 heterocycles. The Morgan fingerprint density at radius 3 is 2.09 bits per heavy atom. The van der Waals surface area contributed by atoms with Crippen molar-refractivity contribution in [3.8, 4) is 17.2 Å². The van der Waals surface area contributed by atoms with Crippen LogP contribution in [-0.4, -0.2) is 33.3 Å². The molecule has 35 heavy (non-hydrogen) atoms. The van der Waals surface area contributed by atoms with E-state index in [1.807, 2.05) is 0 Å². The van der Waals surface area contributed by atoms with Crippen LogP contribution >= 0.6 is 11.8 Å². The first kappa shape index (κ1) is 24.4. The number of benzene rings is 3. The molecule has 0 radical (unpaired) electrons. The lowest BCUT2D eigenvalue weighted by atomic mass is 10.1. The highest BCUT2D eigenvalue weighted by Gasteiger charge is 2.24. The highest BCUT2D eigenvalue weighted by molar-refractivity contribution is 8.18. The quantitative estimate of drug-likeness (QED) is 0.333. The summed E-state index contributed by atoms with van der Waals surface area (Å²) in [6, 6.07) is 19.9. The number of nitrogens with one attached hydrogen (secondary N) is 1. The van der Waals surface area contributed by atoms with Gasteiger partial charge in [0.1, 0.15) is 22.1 Å². The summed E-state index contributed by atoms with van der Waals surface area (Å²) in [6.07, 6.45) is 2.25. The maximum atomic E-state index is 12.4. The van der Waals surface area contributed by atoms with Crippen LogP contribution in [0.3, 0.4) is 0 Å². The molecule has 8 nitrogen and oxygen atoms in total. The van der Waals surface area contributed by atoms with Crippen molar-refractivity contribution in [2.45, 2.75) is 11.3 Å². The predicted octanol–water partition coefficient (Wildman–Crippen LogP) is 4.41. The van der Waals surface area contributed by atoms with E-state index in [1.165, 1.54) is 19.2 Å². The normalized spacial score (nSPS) is 14.6. The van der Waals surface area contributed by atoms with Crippen molar-refractivity contribution < 1.29 is 31.7 Å². The zero-order chi connectivity index (χ0) is 24.8. The molecular formula is C25H21NO7S2. The van der Waals surface area contributed by atoms with Gasteiger partial charge in [-0.2, -0.15) is 8.42 Å². The highest BCUT2D eigenvalue weighted by Crippen LogP contribution is 2.26. The molecule has 0 unspecified atom stereocenters. The van der Waals surface area contributed by atoms with Crippen LogP contribution in [0.5, 0.6) is 17.2 Å². The van der Waals surface area contributed by atoms with Gasteiger partial charge in [-0.05, 0) is 77.5 Å². The number of ether oxygens (including phenoxy) is 2. The summed E-state index contributed by atoms with van der Waals surface area (Å²) in [5.74, 6) is 1.04. The summed E-state index contributed by atoms with van der Waals surface area (Å²) in [7, 11) is -2.44. The van der Waals surface area contributed by atoms with Crippen molar-refractivity contribution in [3.63, 3.8) is 0 Å². The molecule has 1 aliphatic rings. The molecule has 1 fully saturated rings. The number of imide groups is 1. The lowest BCUT2D eigenvalue weighted by molar-refractivity contribution is -0.115. The van der Waals surface area contributed by atoms with E-state index < -0.39 is 16.0 Å². The largest absolute Gasteiger partial charge is 0.497 e. The lowest BCUT2D eigenvalue weighted by Gasteiger charge is -2.09. The van der Waals surface area contributed by atoms with E-state index in [0.717, 1.165) is 22.9 Å². The van der Waals surface area contributed by atoms with Gasteiger partial charge in [0.15, 0.2) is 0 Å². The molecule has 0 aromatic heterocycles. The van der Waals surface area contributed by atoms with Gasteiger partial charge >= 0.3 is 10.1 Å². The molecule has 1 saturated heterocycles. The third-order valence-electron chi connectivity index (χ3n) is 4.96. The third-order valence-corrected chi connectivity index (χ3v) is 7.03. The molecule has 0 aliphatic carbocycles. The van der Waals surface area contributed by atoms with Gasteiger partial charge in [0.05, 0.1) is 18.6 Å². The maximum Gasteiger partial charge on any atom is 0.339 e. The Morgan fingerprint density at radius 2 is 1.49 bits per heavy atom. The number of carbonyl (C=O) groups is 2. The van der Waals surface area contributed by atoms with E-state index in [0.29, 0.717) is 29.4 Å². The third kappa shape index (κ3) is 6.43. The van der Waals surface area contributed by atoms with Crippen molar-refractivity contribution >= 4 is 39.1 Å². The summed E-state index contributed by atoms with van der Waals surface area (Å²) in [5, 5.41) is 1.84. The van der Waals surface area contributed by atoms with Gasteiger partial charge in [-0.15, -0.1) is 0 Å². The van der Waals surface area contributed by atoms with Crippen LogP contribution in [0.15, 0.2) is 82.6 Å². The lowest BCUT2D eigenvalue weighted by Crippen LogP contribution is -2.17. The van der Waals surface area contributed by atoms with Crippen LogP contribution in [-0.2, 0) is 21.3 Å².